The van der Waals surface area contributed by atoms with Crippen LogP contribution in [0.25, 0.3) is 21.5 Å². The first-order valence-electron chi connectivity index (χ1n) is 19.4. The standard InChI is InChI=1S/C50H36ClF3N4O3/c51-40-6-2-4-32(30-40)8-10-34-12-24-44-38(28-34)18-26-46(60)48(44)58-56-42-21-15-36(16-22-42)49(61)35-13-19-41(20-14-35)55-57-47-43-23-11-33(27-37(43)17-25-45(47)59)9-7-31-3-1-5-39(29-31)50(52,53)54/h1-6,11-30,59-60H,7-10H2. The first kappa shape index (κ1) is 40.6. The molecule has 0 spiro atoms. The summed E-state index contributed by atoms with van der Waals surface area (Å²) in [4.78, 5) is 13.4. The highest BCUT2D eigenvalue weighted by molar-refractivity contribution is 6.30. The number of carbonyl (C=O) groups excluding carboxylic acids is 1. The first-order chi connectivity index (χ1) is 29.5. The summed E-state index contributed by atoms with van der Waals surface area (Å²) in [6.45, 7) is 0. The number of rotatable bonds is 12. The van der Waals surface area contributed by atoms with Crippen molar-refractivity contribution in [3.05, 3.63) is 202 Å². The van der Waals surface area contributed by atoms with Crippen LogP contribution >= 0.6 is 11.6 Å². The van der Waals surface area contributed by atoms with E-state index in [4.69, 9.17) is 11.6 Å². The molecule has 0 radical (unpaired) electrons. The van der Waals surface area contributed by atoms with Crippen molar-refractivity contribution in [3.63, 3.8) is 0 Å². The molecule has 0 aliphatic carbocycles. The molecule has 0 amide bonds. The van der Waals surface area contributed by atoms with Crippen LogP contribution in [0.2, 0.25) is 5.02 Å². The molecule has 0 aliphatic heterocycles. The Morgan fingerprint density at radius 2 is 0.934 bits per heavy atom. The maximum absolute atomic E-state index is 13.4. The van der Waals surface area contributed by atoms with Crippen molar-refractivity contribution in [3.8, 4) is 11.5 Å². The van der Waals surface area contributed by atoms with E-state index in [1.54, 1.807) is 66.7 Å². The number of phenols is 2. The number of benzene rings is 8. The number of azo groups is 2. The van der Waals surface area contributed by atoms with E-state index in [-0.39, 0.29) is 23.0 Å². The van der Waals surface area contributed by atoms with Crippen molar-refractivity contribution in [1.82, 2.24) is 0 Å². The molecular formula is C50H36ClF3N4O3. The van der Waals surface area contributed by atoms with E-state index in [2.05, 4.69) is 32.6 Å². The Balaban J connectivity index is 0.904. The highest BCUT2D eigenvalue weighted by atomic mass is 35.5. The molecule has 11 heteroatoms. The third-order valence-corrected chi connectivity index (χ3v) is 10.6. The molecule has 0 heterocycles. The van der Waals surface area contributed by atoms with E-state index in [0.717, 1.165) is 51.8 Å². The molecule has 0 aromatic heterocycles. The summed E-state index contributed by atoms with van der Waals surface area (Å²) in [5.74, 6) is -0.263. The topological polar surface area (TPSA) is 107 Å². The van der Waals surface area contributed by atoms with E-state index < -0.39 is 11.7 Å². The largest absolute Gasteiger partial charge is 0.506 e. The second kappa shape index (κ2) is 17.6. The van der Waals surface area contributed by atoms with Crippen molar-refractivity contribution >= 4 is 61.7 Å². The number of carbonyl (C=O) groups is 1. The van der Waals surface area contributed by atoms with Gasteiger partial charge in [0, 0.05) is 26.9 Å². The zero-order valence-corrected chi connectivity index (χ0v) is 33.2. The molecule has 0 bridgehead atoms. The Morgan fingerprint density at radius 3 is 1.39 bits per heavy atom. The summed E-state index contributed by atoms with van der Waals surface area (Å²) in [6.07, 6.45) is -1.75. The van der Waals surface area contributed by atoms with Crippen molar-refractivity contribution in [1.29, 1.82) is 0 Å². The van der Waals surface area contributed by atoms with E-state index in [1.807, 2.05) is 54.6 Å². The zero-order chi connectivity index (χ0) is 42.5. The van der Waals surface area contributed by atoms with Gasteiger partial charge in [-0.15, -0.1) is 10.2 Å². The number of ketones is 1. The Bertz CT molecular complexity index is 2970. The third kappa shape index (κ3) is 9.67. The van der Waals surface area contributed by atoms with Gasteiger partial charge in [-0.25, -0.2) is 0 Å². The van der Waals surface area contributed by atoms with Crippen LogP contribution in [0.4, 0.5) is 35.9 Å². The molecule has 0 saturated carbocycles. The molecular weight excluding hydrogens is 797 g/mol. The summed E-state index contributed by atoms with van der Waals surface area (Å²) < 4.78 is 39.5. The van der Waals surface area contributed by atoms with Gasteiger partial charge in [0.05, 0.1) is 16.9 Å². The molecule has 2 N–H and O–H groups in total. The lowest BCUT2D eigenvalue weighted by atomic mass is 9.99. The average molecular weight is 833 g/mol. The molecule has 8 rings (SSSR count). The van der Waals surface area contributed by atoms with E-state index >= 15 is 0 Å². The molecule has 0 atom stereocenters. The van der Waals surface area contributed by atoms with Crippen LogP contribution in [0.5, 0.6) is 11.5 Å². The lowest BCUT2D eigenvalue weighted by Gasteiger charge is -2.10. The molecule has 7 nitrogen and oxygen atoms in total. The SMILES string of the molecule is O=C(c1ccc(N=Nc2c(O)ccc3cc(CCc4cccc(Cl)c4)ccc23)cc1)c1ccc(N=Nc2c(O)ccc3cc(CCc4cccc(C(F)(F)F)c4)ccc23)cc1. The second-order valence-electron chi connectivity index (χ2n) is 14.6. The molecule has 0 fully saturated rings. The van der Waals surface area contributed by atoms with Gasteiger partial charge in [-0.3, -0.25) is 4.79 Å². The first-order valence-corrected chi connectivity index (χ1v) is 19.8. The van der Waals surface area contributed by atoms with Crippen LogP contribution in [0.15, 0.2) is 178 Å². The van der Waals surface area contributed by atoms with Gasteiger partial charge in [0.25, 0.3) is 0 Å². The number of aromatic hydroxyl groups is 2. The molecule has 8 aromatic carbocycles. The van der Waals surface area contributed by atoms with Crippen LogP contribution in [-0.4, -0.2) is 16.0 Å². The lowest BCUT2D eigenvalue weighted by Crippen LogP contribution is -2.05. The number of alkyl halides is 3. The van der Waals surface area contributed by atoms with Crippen molar-refractivity contribution < 1.29 is 28.2 Å². The minimum atomic E-state index is -4.39. The molecule has 0 saturated heterocycles. The third-order valence-electron chi connectivity index (χ3n) is 10.4. The van der Waals surface area contributed by atoms with Gasteiger partial charge in [-0.1, -0.05) is 90.5 Å². The van der Waals surface area contributed by atoms with Crippen molar-refractivity contribution in [2.45, 2.75) is 31.9 Å². The van der Waals surface area contributed by atoms with Crippen LogP contribution in [-0.2, 0) is 31.9 Å². The fourth-order valence-electron chi connectivity index (χ4n) is 7.14. The average Bonchev–Trinajstić information content (AvgIpc) is 3.27. The highest BCUT2D eigenvalue weighted by Crippen LogP contribution is 2.38. The fraction of sp³-hybridized carbons (Fsp3) is 0.100. The molecule has 61 heavy (non-hydrogen) atoms. The van der Waals surface area contributed by atoms with Crippen molar-refractivity contribution in [2.24, 2.45) is 20.5 Å². The summed E-state index contributed by atoms with van der Waals surface area (Å²) in [6, 6.07) is 44.9. The minimum Gasteiger partial charge on any atom is -0.506 e. The predicted octanol–water partition coefficient (Wildman–Crippen LogP) is 14.7. The van der Waals surface area contributed by atoms with Crippen LogP contribution < -0.4 is 0 Å². The summed E-state index contributed by atoms with van der Waals surface area (Å²) >= 11 is 6.14. The highest BCUT2D eigenvalue weighted by Gasteiger charge is 2.30. The normalized spacial score (nSPS) is 11.9. The second-order valence-corrected chi connectivity index (χ2v) is 15.1. The number of hydrogen-bond acceptors (Lipinski definition) is 7. The van der Waals surface area contributed by atoms with Gasteiger partial charge in [-0.05, 0) is 138 Å². The van der Waals surface area contributed by atoms with E-state index in [9.17, 15) is 28.2 Å². The predicted molar refractivity (Wildman–Crippen MR) is 234 cm³/mol. The summed E-state index contributed by atoms with van der Waals surface area (Å²) in [5.41, 5.74) is 5.63. The maximum atomic E-state index is 13.4. The lowest BCUT2D eigenvalue weighted by molar-refractivity contribution is -0.137. The van der Waals surface area contributed by atoms with Crippen LogP contribution in [0.3, 0.4) is 0 Å². The number of phenolic OH excluding ortho intramolecular Hbond substituents is 2. The van der Waals surface area contributed by atoms with Crippen molar-refractivity contribution in [2.75, 3.05) is 0 Å². The molecule has 0 unspecified atom stereocenters. The summed E-state index contributed by atoms with van der Waals surface area (Å²) in [5, 5.41) is 42.6. The quantitative estimate of drug-likeness (QED) is 0.0945. The Morgan fingerprint density at radius 1 is 0.492 bits per heavy atom. The Labute approximate surface area is 354 Å². The zero-order valence-electron chi connectivity index (χ0n) is 32.4. The number of aryl methyl sites for hydroxylation is 4. The number of hydrogen-bond donors (Lipinski definition) is 2. The molecule has 0 aliphatic rings. The Kier molecular flexibility index (Phi) is 11.7. The van der Waals surface area contributed by atoms with Gasteiger partial charge >= 0.3 is 6.18 Å². The van der Waals surface area contributed by atoms with Crippen LogP contribution in [0, 0.1) is 0 Å². The van der Waals surface area contributed by atoms with Gasteiger partial charge < -0.3 is 10.2 Å². The Hall–Kier alpha value is -7.17. The van der Waals surface area contributed by atoms with Gasteiger partial charge in [0.15, 0.2) is 5.78 Å². The number of halogens is 4. The number of nitrogens with zero attached hydrogens (tertiary/aromatic N) is 4. The van der Waals surface area contributed by atoms with Gasteiger partial charge in [-0.2, -0.15) is 23.4 Å². The minimum absolute atomic E-state index is 0.00784. The van der Waals surface area contributed by atoms with Gasteiger partial charge in [0.1, 0.15) is 22.9 Å². The van der Waals surface area contributed by atoms with E-state index in [1.165, 1.54) is 18.2 Å². The number of fused-ring (bicyclic) bond motifs is 2. The smallest absolute Gasteiger partial charge is 0.416 e. The molecule has 8 aromatic rings. The summed E-state index contributed by atoms with van der Waals surface area (Å²) in [7, 11) is 0. The van der Waals surface area contributed by atoms with Crippen LogP contribution in [0.1, 0.15) is 43.7 Å². The van der Waals surface area contributed by atoms with E-state index in [0.29, 0.717) is 57.0 Å². The monoisotopic (exact) mass is 832 g/mol. The maximum Gasteiger partial charge on any atom is 0.416 e. The fourth-order valence-corrected chi connectivity index (χ4v) is 7.35. The van der Waals surface area contributed by atoms with Gasteiger partial charge in [0.2, 0.25) is 0 Å². The molecule has 302 valence electrons.